The van der Waals surface area contributed by atoms with Crippen molar-refractivity contribution in [3.05, 3.63) is 74.6 Å². The van der Waals surface area contributed by atoms with E-state index in [-0.39, 0.29) is 5.91 Å². The van der Waals surface area contributed by atoms with Crippen LogP contribution in [0.1, 0.15) is 76.4 Å². The van der Waals surface area contributed by atoms with Crippen LogP contribution in [0.25, 0.3) is 10.4 Å². The number of nitrogens with one attached hydrogen (secondary N) is 1. The highest BCUT2D eigenvalue weighted by atomic mass is 35.5. The van der Waals surface area contributed by atoms with Gasteiger partial charge in [-0.1, -0.05) is 35.9 Å². The van der Waals surface area contributed by atoms with Crippen LogP contribution in [-0.4, -0.2) is 44.1 Å². The lowest BCUT2D eigenvalue weighted by molar-refractivity contribution is 0.0952. The summed E-state index contributed by atoms with van der Waals surface area (Å²) in [6.07, 6.45) is 9.43. The molecule has 1 aliphatic carbocycles. The molecule has 1 aromatic heterocycles. The zero-order valence-corrected chi connectivity index (χ0v) is 24.2. The fourth-order valence-corrected chi connectivity index (χ4v) is 7.21. The molecule has 1 saturated heterocycles. The lowest BCUT2D eigenvalue weighted by Crippen LogP contribution is -2.34. The average Bonchev–Trinajstić information content (AvgIpc) is 3.34. The van der Waals surface area contributed by atoms with Crippen molar-refractivity contribution in [3.63, 3.8) is 0 Å². The van der Waals surface area contributed by atoms with E-state index < -0.39 is 0 Å². The molecule has 1 aliphatic heterocycles. The molecule has 0 atom stereocenters. The highest BCUT2D eigenvalue weighted by Gasteiger charge is 2.26. The number of hydrogen-bond acceptors (Lipinski definition) is 4. The summed E-state index contributed by atoms with van der Waals surface area (Å²) in [6.45, 7) is 6.11. The van der Waals surface area contributed by atoms with E-state index in [1.54, 1.807) is 11.3 Å². The molecule has 2 aromatic carbocycles. The van der Waals surface area contributed by atoms with E-state index in [1.807, 2.05) is 44.4 Å². The molecule has 3 aromatic rings. The summed E-state index contributed by atoms with van der Waals surface area (Å²) in [6, 6.07) is 14.5. The first-order chi connectivity index (χ1) is 18.5. The van der Waals surface area contributed by atoms with Gasteiger partial charge in [0.15, 0.2) is 0 Å². The first kappa shape index (κ1) is 27.2. The van der Waals surface area contributed by atoms with Crippen molar-refractivity contribution < 1.29 is 9.53 Å². The van der Waals surface area contributed by atoms with Crippen molar-refractivity contribution in [2.24, 2.45) is 0 Å². The number of methoxy groups -OCH3 is 1. The minimum atomic E-state index is 0.0266. The van der Waals surface area contributed by atoms with Crippen molar-refractivity contribution in [2.45, 2.75) is 64.2 Å². The van der Waals surface area contributed by atoms with Crippen LogP contribution < -0.4 is 10.1 Å². The summed E-state index contributed by atoms with van der Waals surface area (Å²) in [5, 5.41) is 3.85. The number of nitrogens with zero attached hydrogens (tertiary/aromatic N) is 1. The van der Waals surface area contributed by atoms with Crippen molar-refractivity contribution >= 4 is 28.8 Å². The number of unbranched alkanes of at least 4 members (excludes halogenated alkanes) is 1. The summed E-state index contributed by atoms with van der Waals surface area (Å²) in [7, 11) is 1.85. The zero-order chi connectivity index (χ0) is 26.5. The molecule has 0 saturated carbocycles. The fourth-order valence-electron chi connectivity index (χ4n) is 6.06. The van der Waals surface area contributed by atoms with Crippen LogP contribution in [0, 0.1) is 6.92 Å². The molecule has 6 heteroatoms. The van der Waals surface area contributed by atoms with Gasteiger partial charge in [-0.25, -0.2) is 0 Å². The zero-order valence-electron chi connectivity index (χ0n) is 22.7. The van der Waals surface area contributed by atoms with E-state index in [0.717, 1.165) is 64.8 Å². The SMILES string of the molecule is COc1c(C2CCN(CCCCNC(=O)c3cc(-c4ccc(Cl)cc4)sc3C)CC2)ccc2c1CCCC2. The largest absolute Gasteiger partial charge is 0.496 e. The van der Waals surface area contributed by atoms with Gasteiger partial charge in [0.1, 0.15) is 5.75 Å². The monoisotopic (exact) mass is 550 g/mol. The molecule has 0 spiro atoms. The second-order valence-corrected chi connectivity index (χ2v) is 12.4. The number of piperidine rings is 1. The second-order valence-electron chi connectivity index (χ2n) is 10.7. The van der Waals surface area contributed by atoms with Gasteiger partial charge in [-0.15, -0.1) is 11.3 Å². The van der Waals surface area contributed by atoms with Crippen molar-refractivity contribution in [1.82, 2.24) is 10.2 Å². The Balaban J connectivity index is 1.04. The molecule has 0 radical (unpaired) electrons. The number of ether oxygens (including phenoxy) is 1. The van der Waals surface area contributed by atoms with Crippen LogP contribution in [0.2, 0.25) is 5.02 Å². The molecule has 4 nitrogen and oxygen atoms in total. The lowest BCUT2D eigenvalue weighted by Gasteiger charge is -2.33. The summed E-state index contributed by atoms with van der Waals surface area (Å²) >= 11 is 7.67. The maximum absolute atomic E-state index is 12.8. The van der Waals surface area contributed by atoms with Gasteiger partial charge in [-0.3, -0.25) is 4.79 Å². The molecular weight excluding hydrogens is 512 g/mol. The van der Waals surface area contributed by atoms with Crippen LogP contribution >= 0.6 is 22.9 Å². The Labute approximate surface area is 236 Å². The first-order valence-electron chi connectivity index (χ1n) is 14.1. The number of rotatable bonds is 9. The van der Waals surface area contributed by atoms with E-state index in [9.17, 15) is 4.79 Å². The van der Waals surface area contributed by atoms with Gasteiger partial charge >= 0.3 is 0 Å². The standard InChI is InChI=1S/C32H39ClN2O2S/c1-22-29(21-30(38-22)25-9-12-26(33)13-10-25)32(36)34-17-5-6-18-35-19-15-24(16-20-35)28-14-11-23-7-3-4-8-27(23)31(28)37-2/h9-14,21,24H,3-8,15-20H2,1-2H3,(H,34,36). The van der Waals surface area contributed by atoms with E-state index in [0.29, 0.717) is 12.5 Å². The molecule has 38 heavy (non-hydrogen) atoms. The Hall–Kier alpha value is -2.34. The van der Waals surface area contributed by atoms with Crippen LogP contribution in [0.3, 0.4) is 0 Å². The van der Waals surface area contributed by atoms with Gasteiger partial charge in [0.2, 0.25) is 0 Å². The molecule has 2 aliphatic rings. The topological polar surface area (TPSA) is 41.6 Å². The number of likely N-dealkylation sites (tertiary alicyclic amines) is 1. The Bertz CT molecular complexity index is 1250. The normalized spacial score (nSPS) is 16.3. The molecule has 0 unspecified atom stereocenters. The number of aryl methyl sites for hydroxylation is 2. The Morgan fingerprint density at radius 1 is 1.08 bits per heavy atom. The van der Waals surface area contributed by atoms with Crippen LogP contribution in [0.4, 0.5) is 0 Å². The molecule has 2 heterocycles. The number of hydrogen-bond donors (Lipinski definition) is 1. The quantitative estimate of drug-likeness (QED) is 0.278. The van der Waals surface area contributed by atoms with Gasteiger partial charge in [-0.2, -0.15) is 0 Å². The highest BCUT2D eigenvalue weighted by Crippen LogP contribution is 2.40. The van der Waals surface area contributed by atoms with E-state index >= 15 is 0 Å². The number of carbonyl (C=O) groups excluding carboxylic acids is 1. The average molecular weight is 551 g/mol. The number of fused-ring (bicyclic) bond motifs is 1. The van der Waals surface area contributed by atoms with Crippen LogP contribution in [0.15, 0.2) is 42.5 Å². The third-order valence-electron chi connectivity index (χ3n) is 8.22. The van der Waals surface area contributed by atoms with E-state index in [1.165, 1.54) is 54.5 Å². The van der Waals surface area contributed by atoms with Gasteiger partial charge in [0.25, 0.3) is 5.91 Å². The summed E-state index contributed by atoms with van der Waals surface area (Å²) < 4.78 is 5.95. The first-order valence-corrected chi connectivity index (χ1v) is 15.3. The van der Waals surface area contributed by atoms with Gasteiger partial charge in [0, 0.05) is 21.3 Å². The number of carbonyl (C=O) groups is 1. The number of halogens is 1. The molecule has 0 bridgehead atoms. The summed E-state index contributed by atoms with van der Waals surface area (Å²) in [5.74, 6) is 1.80. The van der Waals surface area contributed by atoms with Gasteiger partial charge in [-0.05, 0) is 124 Å². The minimum Gasteiger partial charge on any atom is -0.496 e. The number of amides is 1. The molecule has 202 valence electrons. The van der Waals surface area contributed by atoms with Crippen LogP contribution in [0.5, 0.6) is 5.75 Å². The van der Waals surface area contributed by atoms with Gasteiger partial charge in [0.05, 0.1) is 12.7 Å². The number of benzene rings is 2. The Morgan fingerprint density at radius 2 is 1.84 bits per heavy atom. The molecule has 5 rings (SSSR count). The smallest absolute Gasteiger partial charge is 0.252 e. The Kier molecular flexibility index (Phi) is 9.08. The van der Waals surface area contributed by atoms with E-state index in [4.69, 9.17) is 16.3 Å². The third kappa shape index (κ3) is 6.27. The second kappa shape index (κ2) is 12.7. The lowest BCUT2D eigenvalue weighted by atomic mass is 9.83. The molecular formula is C32H39ClN2O2S. The molecule has 1 N–H and O–H groups in total. The van der Waals surface area contributed by atoms with Crippen molar-refractivity contribution in [1.29, 1.82) is 0 Å². The summed E-state index contributed by atoms with van der Waals surface area (Å²) in [4.78, 5) is 17.5. The van der Waals surface area contributed by atoms with Crippen molar-refractivity contribution in [2.75, 3.05) is 33.3 Å². The maximum atomic E-state index is 12.8. The summed E-state index contributed by atoms with van der Waals surface area (Å²) in [5.41, 5.74) is 6.27. The maximum Gasteiger partial charge on any atom is 0.252 e. The van der Waals surface area contributed by atoms with Crippen molar-refractivity contribution in [3.8, 4) is 16.2 Å². The van der Waals surface area contributed by atoms with Gasteiger partial charge < -0.3 is 15.0 Å². The van der Waals surface area contributed by atoms with E-state index in [2.05, 4.69) is 22.3 Å². The fraction of sp³-hybridized carbons (Fsp3) is 0.469. The molecule has 1 fully saturated rings. The number of thiophene rings is 1. The minimum absolute atomic E-state index is 0.0266. The predicted octanol–water partition coefficient (Wildman–Crippen LogP) is 7.65. The predicted molar refractivity (Wildman–Crippen MR) is 159 cm³/mol. The Morgan fingerprint density at radius 3 is 2.61 bits per heavy atom. The molecule has 1 amide bonds. The third-order valence-corrected chi connectivity index (χ3v) is 9.57. The highest BCUT2D eigenvalue weighted by molar-refractivity contribution is 7.15. The van der Waals surface area contributed by atoms with Crippen LogP contribution in [-0.2, 0) is 12.8 Å².